The summed E-state index contributed by atoms with van der Waals surface area (Å²) in [5, 5.41) is 9.44. The van der Waals surface area contributed by atoms with Gasteiger partial charge in [-0.25, -0.2) is 0 Å². The Labute approximate surface area is 171 Å². The number of para-hydroxylation sites is 1. The quantitative estimate of drug-likeness (QED) is 0.692. The second-order valence-electron chi connectivity index (χ2n) is 7.34. The minimum atomic E-state index is -4.59. The maximum Gasteiger partial charge on any atom is 0.416 e. The molecule has 2 aliphatic rings. The van der Waals surface area contributed by atoms with Gasteiger partial charge in [0.25, 0.3) is 0 Å². The lowest BCUT2D eigenvalue weighted by Crippen LogP contribution is -2.41. The molecule has 7 heteroatoms. The van der Waals surface area contributed by atoms with Crippen LogP contribution in [0.4, 0.5) is 18.9 Å². The smallest absolute Gasteiger partial charge is 0.294 e. The molecule has 1 aliphatic carbocycles. The third-order valence-corrected chi connectivity index (χ3v) is 5.58. The van der Waals surface area contributed by atoms with Crippen LogP contribution in [0.2, 0.25) is 0 Å². The van der Waals surface area contributed by atoms with E-state index in [1.54, 1.807) is 24.3 Å². The van der Waals surface area contributed by atoms with Crippen molar-refractivity contribution in [3.8, 4) is 6.07 Å². The van der Waals surface area contributed by atoms with Crippen molar-refractivity contribution in [2.75, 3.05) is 4.90 Å². The molecule has 0 spiro atoms. The highest BCUT2D eigenvalue weighted by Gasteiger charge is 2.43. The van der Waals surface area contributed by atoms with Crippen molar-refractivity contribution >= 4 is 17.4 Å². The fourth-order valence-electron chi connectivity index (χ4n) is 4.36. The molecular weight excluding hydrogens is 393 g/mol. The third kappa shape index (κ3) is 3.28. The Morgan fingerprint density at radius 3 is 2.43 bits per heavy atom. The summed E-state index contributed by atoms with van der Waals surface area (Å²) in [6, 6.07) is 13.7. The number of hydrogen-bond acceptors (Lipinski definition) is 3. The minimum Gasteiger partial charge on any atom is -0.294 e. The fourth-order valence-corrected chi connectivity index (χ4v) is 4.36. The van der Waals surface area contributed by atoms with Crippen LogP contribution in [0.5, 0.6) is 0 Å². The number of alkyl halides is 3. The summed E-state index contributed by atoms with van der Waals surface area (Å²) in [4.78, 5) is 27.4. The first-order chi connectivity index (χ1) is 14.3. The molecule has 1 aliphatic heterocycles. The van der Waals surface area contributed by atoms with E-state index >= 15 is 0 Å². The highest BCUT2D eigenvalue weighted by Crippen LogP contribution is 2.46. The Kier molecular flexibility index (Phi) is 4.94. The van der Waals surface area contributed by atoms with Crippen molar-refractivity contribution in [2.45, 2.75) is 37.8 Å². The van der Waals surface area contributed by atoms with Crippen molar-refractivity contribution in [1.82, 2.24) is 0 Å². The Morgan fingerprint density at radius 2 is 1.70 bits per heavy atom. The molecule has 4 rings (SSSR count). The van der Waals surface area contributed by atoms with Crippen LogP contribution < -0.4 is 4.90 Å². The van der Waals surface area contributed by atoms with Crippen molar-refractivity contribution < 1.29 is 22.8 Å². The van der Waals surface area contributed by atoms with Gasteiger partial charge in [0.2, 0.25) is 5.91 Å². The Morgan fingerprint density at radius 1 is 1.00 bits per heavy atom. The van der Waals surface area contributed by atoms with E-state index in [0.29, 0.717) is 24.2 Å². The molecule has 0 aromatic heterocycles. The number of benzene rings is 2. The van der Waals surface area contributed by atoms with Crippen LogP contribution in [-0.4, -0.2) is 11.7 Å². The van der Waals surface area contributed by atoms with Crippen LogP contribution in [0.1, 0.15) is 48.3 Å². The van der Waals surface area contributed by atoms with Gasteiger partial charge in [-0.2, -0.15) is 18.4 Å². The zero-order chi connectivity index (χ0) is 21.5. The largest absolute Gasteiger partial charge is 0.416 e. The summed E-state index contributed by atoms with van der Waals surface area (Å²) in [6.45, 7) is 0. The van der Waals surface area contributed by atoms with Crippen LogP contribution in [0, 0.1) is 11.3 Å². The maximum absolute atomic E-state index is 13.6. The van der Waals surface area contributed by atoms with Crippen molar-refractivity contribution in [3.05, 3.63) is 76.5 Å². The lowest BCUT2D eigenvalue weighted by Gasteiger charge is -2.39. The lowest BCUT2D eigenvalue weighted by molar-refractivity contribution is -0.138. The molecule has 0 N–H and O–H groups in total. The molecule has 4 nitrogen and oxygen atoms in total. The Balaban J connectivity index is 1.93. The monoisotopic (exact) mass is 410 g/mol. The van der Waals surface area contributed by atoms with Gasteiger partial charge in [-0.3, -0.25) is 14.5 Å². The van der Waals surface area contributed by atoms with Gasteiger partial charge < -0.3 is 0 Å². The molecule has 0 saturated carbocycles. The number of ketones is 1. The number of nitriles is 1. The summed E-state index contributed by atoms with van der Waals surface area (Å²) in [6.07, 6.45) is -3.74. The van der Waals surface area contributed by atoms with Gasteiger partial charge in [-0.05, 0) is 36.6 Å². The van der Waals surface area contributed by atoms with Crippen LogP contribution in [0.3, 0.4) is 0 Å². The molecule has 0 bridgehead atoms. The van der Waals surface area contributed by atoms with Crippen molar-refractivity contribution in [2.24, 2.45) is 0 Å². The number of rotatable bonds is 2. The number of Topliss-reactive ketones (excluding diaryl/α,β-unsaturated/α-hetero) is 1. The number of nitrogens with zero attached hydrogens (tertiary/aromatic N) is 2. The summed E-state index contributed by atoms with van der Waals surface area (Å²) >= 11 is 0. The van der Waals surface area contributed by atoms with Crippen LogP contribution in [-0.2, 0) is 15.8 Å². The first kappa shape index (κ1) is 19.9. The fraction of sp³-hybridized carbons (Fsp3) is 0.261. The summed E-state index contributed by atoms with van der Waals surface area (Å²) in [5.74, 6) is -1.62. The number of carbonyl (C=O) groups is 2. The number of carbonyl (C=O) groups excluding carboxylic acids is 2. The zero-order valence-corrected chi connectivity index (χ0v) is 15.9. The molecule has 1 amide bonds. The average Bonchev–Trinajstić information content (AvgIpc) is 2.73. The van der Waals surface area contributed by atoms with Gasteiger partial charge in [0.15, 0.2) is 5.78 Å². The normalized spacial score (nSPS) is 19.5. The summed E-state index contributed by atoms with van der Waals surface area (Å²) in [5.41, 5.74) is 0.394. The highest BCUT2D eigenvalue weighted by molar-refractivity contribution is 6.08. The second-order valence-corrected chi connectivity index (χ2v) is 7.34. The first-order valence-electron chi connectivity index (χ1n) is 9.57. The van der Waals surface area contributed by atoms with E-state index in [0.717, 1.165) is 6.07 Å². The standard InChI is InChI=1S/C23H17F3N2O2/c24-23(25,26)17-8-3-2-7-15(17)16-12-21(30)28(18-9-4-1-6-14(18)13-27)19-10-5-11-20(29)22(16)19/h1-4,6-9,16H,5,10-12H2. The van der Waals surface area contributed by atoms with Gasteiger partial charge in [0, 0.05) is 30.0 Å². The van der Waals surface area contributed by atoms with Crippen molar-refractivity contribution in [1.29, 1.82) is 5.26 Å². The zero-order valence-electron chi connectivity index (χ0n) is 15.9. The Hall–Kier alpha value is -3.40. The third-order valence-electron chi connectivity index (χ3n) is 5.58. The number of anilines is 1. The number of hydrogen-bond donors (Lipinski definition) is 0. The van der Waals surface area contributed by atoms with Gasteiger partial charge in [0.1, 0.15) is 6.07 Å². The molecule has 2 aromatic rings. The molecule has 152 valence electrons. The number of allylic oxidation sites excluding steroid dienone is 2. The van der Waals surface area contributed by atoms with Crippen LogP contribution in [0.25, 0.3) is 0 Å². The van der Waals surface area contributed by atoms with Crippen LogP contribution >= 0.6 is 0 Å². The predicted octanol–water partition coefficient (Wildman–Crippen LogP) is 5.10. The molecule has 1 heterocycles. The molecular formula is C23H17F3N2O2. The minimum absolute atomic E-state index is 0.0608. The average molecular weight is 410 g/mol. The lowest BCUT2D eigenvalue weighted by atomic mass is 9.75. The molecule has 0 saturated heterocycles. The first-order valence-corrected chi connectivity index (χ1v) is 9.57. The summed E-state index contributed by atoms with van der Waals surface area (Å²) in [7, 11) is 0. The van der Waals surface area contributed by atoms with E-state index in [9.17, 15) is 28.0 Å². The molecule has 2 aromatic carbocycles. The molecule has 0 fully saturated rings. The van der Waals surface area contributed by atoms with E-state index in [1.165, 1.54) is 23.1 Å². The molecule has 1 unspecified atom stereocenters. The van der Waals surface area contributed by atoms with E-state index in [4.69, 9.17) is 0 Å². The van der Waals surface area contributed by atoms with Crippen LogP contribution in [0.15, 0.2) is 59.8 Å². The predicted molar refractivity (Wildman–Crippen MR) is 103 cm³/mol. The SMILES string of the molecule is N#Cc1ccccc1N1C(=O)CC(c2ccccc2C(F)(F)F)C2=C1CCCC2=O. The van der Waals surface area contributed by atoms with E-state index in [-0.39, 0.29) is 35.3 Å². The van der Waals surface area contributed by atoms with Gasteiger partial charge >= 0.3 is 6.18 Å². The van der Waals surface area contributed by atoms with Crippen molar-refractivity contribution in [3.63, 3.8) is 0 Å². The van der Waals surface area contributed by atoms with E-state index < -0.39 is 23.6 Å². The highest BCUT2D eigenvalue weighted by atomic mass is 19.4. The number of amides is 1. The van der Waals surface area contributed by atoms with Gasteiger partial charge in [-0.15, -0.1) is 0 Å². The van der Waals surface area contributed by atoms with Gasteiger partial charge in [0.05, 0.1) is 16.8 Å². The number of halogens is 3. The van der Waals surface area contributed by atoms with Gasteiger partial charge in [-0.1, -0.05) is 30.3 Å². The Bertz CT molecular complexity index is 1110. The topological polar surface area (TPSA) is 61.2 Å². The van der Waals surface area contributed by atoms with E-state index in [2.05, 4.69) is 0 Å². The molecule has 1 atom stereocenters. The molecule has 0 radical (unpaired) electrons. The summed E-state index contributed by atoms with van der Waals surface area (Å²) < 4.78 is 40.9. The second kappa shape index (κ2) is 7.45. The van der Waals surface area contributed by atoms with E-state index in [1.807, 2.05) is 6.07 Å². The maximum atomic E-state index is 13.6. The molecule has 30 heavy (non-hydrogen) atoms.